The van der Waals surface area contributed by atoms with Gasteiger partial charge in [0.25, 0.3) is 0 Å². The van der Waals surface area contributed by atoms with E-state index in [0.717, 1.165) is 11.4 Å². The highest BCUT2D eigenvalue weighted by Gasteiger charge is 2.01. The summed E-state index contributed by atoms with van der Waals surface area (Å²) in [5.74, 6) is 0. The third-order valence-corrected chi connectivity index (χ3v) is 3.72. The molecule has 4 nitrogen and oxygen atoms in total. The SMILES string of the molecule is Cc1cccc(-c2ccc(N(C)NN=Nc3ccccc3)cc2)c1. The zero-order chi connectivity index (χ0) is 16.8. The monoisotopic (exact) mass is 316 g/mol. The highest BCUT2D eigenvalue weighted by atomic mass is 15.7. The predicted octanol–water partition coefficient (Wildman–Crippen LogP) is 5.30. The molecule has 0 bridgehead atoms. The second kappa shape index (κ2) is 7.42. The molecule has 3 aromatic rings. The second-order valence-electron chi connectivity index (χ2n) is 5.61. The number of anilines is 1. The molecule has 0 heterocycles. The van der Waals surface area contributed by atoms with E-state index in [-0.39, 0.29) is 0 Å². The van der Waals surface area contributed by atoms with E-state index in [4.69, 9.17) is 0 Å². The van der Waals surface area contributed by atoms with Gasteiger partial charge in [-0.05, 0) is 42.3 Å². The van der Waals surface area contributed by atoms with Crippen LogP contribution in [-0.2, 0) is 0 Å². The minimum Gasteiger partial charge on any atom is -0.274 e. The maximum Gasteiger partial charge on any atom is 0.0874 e. The molecule has 3 rings (SSSR count). The van der Waals surface area contributed by atoms with Gasteiger partial charge in [0.15, 0.2) is 0 Å². The molecule has 0 unspecified atom stereocenters. The van der Waals surface area contributed by atoms with Crippen LogP contribution in [0, 0.1) is 6.92 Å². The molecule has 24 heavy (non-hydrogen) atoms. The van der Waals surface area contributed by atoms with Crippen molar-refractivity contribution < 1.29 is 0 Å². The highest BCUT2D eigenvalue weighted by Crippen LogP contribution is 2.23. The van der Waals surface area contributed by atoms with E-state index < -0.39 is 0 Å². The van der Waals surface area contributed by atoms with Crippen LogP contribution in [0.1, 0.15) is 5.56 Å². The van der Waals surface area contributed by atoms with Gasteiger partial charge in [0.2, 0.25) is 0 Å². The number of hydrogen-bond acceptors (Lipinski definition) is 3. The maximum atomic E-state index is 4.12. The van der Waals surface area contributed by atoms with Gasteiger partial charge >= 0.3 is 0 Å². The van der Waals surface area contributed by atoms with E-state index in [1.165, 1.54) is 16.7 Å². The van der Waals surface area contributed by atoms with E-state index in [9.17, 15) is 0 Å². The van der Waals surface area contributed by atoms with Crippen molar-refractivity contribution in [1.82, 2.24) is 5.53 Å². The van der Waals surface area contributed by atoms with E-state index in [2.05, 4.69) is 71.3 Å². The number of benzene rings is 3. The molecule has 0 saturated heterocycles. The van der Waals surface area contributed by atoms with Crippen LogP contribution < -0.4 is 10.5 Å². The topological polar surface area (TPSA) is 40.0 Å². The Kier molecular flexibility index (Phi) is 4.87. The van der Waals surface area contributed by atoms with Gasteiger partial charge in [-0.25, -0.2) is 0 Å². The zero-order valence-corrected chi connectivity index (χ0v) is 13.8. The number of aryl methyl sites for hydroxylation is 1. The summed E-state index contributed by atoms with van der Waals surface area (Å²) in [4.78, 5) is 0. The predicted molar refractivity (Wildman–Crippen MR) is 99.1 cm³/mol. The van der Waals surface area contributed by atoms with Crippen LogP contribution in [0.3, 0.4) is 0 Å². The summed E-state index contributed by atoms with van der Waals surface area (Å²) in [6, 6.07) is 26.5. The highest BCUT2D eigenvalue weighted by molar-refractivity contribution is 5.66. The molecule has 1 N–H and O–H groups in total. The molecule has 0 aromatic heterocycles. The Morgan fingerprint density at radius 2 is 1.54 bits per heavy atom. The van der Waals surface area contributed by atoms with Crippen molar-refractivity contribution in [3.8, 4) is 11.1 Å². The van der Waals surface area contributed by atoms with Gasteiger partial charge in [-0.1, -0.05) is 65.4 Å². The third-order valence-electron chi connectivity index (χ3n) is 3.72. The lowest BCUT2D eigenvalue weighted by Gasteiger charge is -2.17. The van der Waals surface area contributed by atoms with Gasteiger partial charge in [0, 0.05) is 7.05 Å². The van der Waals surface area contributed by atoms with E-state index >= 15 is 0 Å². The lowest BCUT2D eigenvalue weighted by molar-refractivity contribution is 0.683. The minimum atomic E-state index is 0.813. The molecular weight excluding hydrogens is 296 g/mol. The van der Waals surface area contributed by atoms with Crippen LogP contribution in [0.25, 0.3) is 11.1 Å². The van der Waals surface area contributed by atoms with Crippen molar-refractivity contribution >= 4 is 11.4 Å². The summed E-state index contributed by atoms with van der Waals surface area (Å²) in [6.07, 6.45) is 0. The van der Waals surface area contributed by atoms with E-state index in [0.29, 0.717) is 0 Å². The molecule has 4 heteroatoms. The molecule has 0 fully saturated rings. The molecule has 0 aliphatic rings. The van der Waals surface area contributed by atoms with Crippen LogP contribution in [0.15, 0.2) is 89.2 Å². The number of nitrogens with zero attached hydrogens (tertiary/aromatic N) is 3. The first kappa shape index (κ1) is 15.7. The molecule has 120 valence electrons. The standard InChI is InChI=1S/C20H20N4/c1-16-7-6-8-18(15-16)17-11-13-20(14-12-17)24(2)23-22-21-19-9-4-3-5-10-19/h3-15H,1-2H3,(H,21,23). The second-order valence-corrected chi connectivity index (χ2v) is 5.61. The van der Waals surface area contributed by atoms with Gasteiger partial charge in [-0.15, -0.1) is 5.11 Å². The van der Waals surface area contributed by atoms with E-state index in [1.54, 1.807) is 0 Å². The molecule has 0 saturated carbocycles. The summed E-state index contributed by atoms with van der Waals surface area (Å²) in [5.41, 5.74) is 8.41. The van der Waals surface area contributed by atoms with Gasteiger partial charge in [-0.3, -0.25) is 5.01 Å². The van der Waals surface area contributed by atoms with Crippen LogP contribution in [0.2, 0.25) is 0 Å². The summed E-state index contributed by atoms with van der Waals surface area (Å²) in [5, 5.41) is 9.96. The van der Waals surface area contributed by atoms with E-state index in [1.807, 2.05) is 42.4 Å². The third kappa shape index (κ3) is 3.98. The Balaban J connectivity index is 1.65. The molecule has 0 atom stereocenters. The fourth-order valence-electron chi connectivity index (χ4n) is 2.40. The molecule has 0 aliphatic carbocycles. The van der Waals surface area contributed by atoms with Crippen LogP contribution in [-0.4, -0.2) is 7.05 Å². The van der Waals surface area contributed by atoms with Crippen molar-refractivity contribution in [3.05, 3.63) is 84.4 Å². The summed E-state index contributed by atoms with van der Waals surface area (Å²) in [7, 11) is 1.91. The number of rotatable bonds is 5. The van der Waals surface area contributed by atoms with Gasteiger partial charge < -0.3 is 0 Å². The molecule has 0 aliphatic heterocycles. The minimum absolute atomic E-state index is 0.813. The Morgan fingerprint density at radius 1 is 0.792 bits per heavy atom. The zero-order valence-electron chi connectivity index (χ0n) is 13.8. The average Bonchev–Trinajstić information content (AvgIpc) is 2.63. The molecule has 3 aromatic carbocycles. The molecule has 0 spiro atoms. The van der Waals surface area contributed by atoms with Crippen LogP contribution >= 0.6 is 0 Å². The summed E-state index contributed by atoms with van der Waals surface area (Å²) in [6.45, 7) is 2.10. The lowest BCUT2D eigenvalue weighted by Crippen LogP contribution is -2.29. The van der Waals surface area contributed by atoms with Crippen molar-refractivity contribution in [1.29, 1.82) is 0 Å². The van der Waals surface area contributed by atoms with Crippen LogP contribution in [0.5, 0.6) is 0 Å². The first-order chi connectivity index (χ1) is 11.7. The average molecular weight is 316 g/mol. The van der Waals surface area contributed by atoms with Crippen LogP contribution in [0.4, 0.5) is 11.4 Å². The van der Waals surface area contributed by atoms with Crippen molar-refractivity contribution in [2.24, 2.45) is 10.3 Å². The summed E-state index contributed by atoms with van der Waals surface area (Å²) >= 11 is 0. The Hall–Kier alpha value is -3.14. The number of hydrogen-bond donors (Lipinski definition) is 1. The normalized spacial score (nSPS) is 10.8. The number of hydrazine groups is 1. The Bertz CT molecular complexity index is 811. The fourth-order valence-corrected chi connectivity index (χ4v) is 2.40. The van der Waals surface area contributed by atoms with Gasteiger partial charge in [0.05, 0.1) is 11.4 Å². The van der Waals surface area contributed by atoms with Crippen molar-refractivity contribution in [2.75, 3.05) is 12.1 Å². The lowest BCUT2D eigenvalue weighted by atomic mass is 10.0. The number of nitrogens with one attached hydrogen (secondary N) is 1. The smallest absolute Gasteiger partial charge is 0.0874 e. The van der Waals surface area contributed by atoms with Gasteiger partial charge in [-0.2, -0.15) is 5.53 Å². The van der Waals surface area contributed by atoms with Gasteiger partial charge in [0.1, 0.15) is 0 Å². The summed E-state index contributed by atoms with van der Waals surface area (Å²) < 4.78 is 0. The largest absolute Gasteiger partial charge is 0.274 e. The molecular formula is C20H20N4. The first-order valence-electron chi connectivity index (χ1n) is 7.85. The fraction of sp³-hybridized carbons (Fsp3) is 0.100. The molecule has 0 radical (unpaired) electrons. The quantitative estimate of drug-likeness (QED) is 0.512. The van der Waals surface area contributed by atoms with Crippen molar-refractivity contribution in [2.45, 2.75) is 6.92 Å². The molecule has 0 amide bonds. The Labute approximate surface area is 142 Å². The van der Waals surface area contributed by atoms with Crippen molar-refractivity contribution in [3.63, 3.8) is 0 Å². The Morgan fingerprint density at radius 3 is 2.25 bits per heavy atom. The first-order valence-corrected chi connectivity index (χ1v) is 7.85. The maximum absolute atomic E-state index is 4.12.